The second kappa shape index (κ2) is 9.26. The minimum Gasteiger partial charge on any atom is -0.465 e. The van der Waals surface area contributed by atoms with Crippen LogP contribution in [0, 0.1) is 0 Å². The number of esters is 2. The molecule has 3 aromatic rings. The van der Waals surface area contributed by atoms with Gasteiger partial charge in [-0.05, 0) is 24.3 Å². The Morgan fingerprint density at radius 2 is 1.52 bits per heavy atom. The van der Waals surface area contributed by atoms with Gasteiger partial charge in [-0.3, -0.25) is 0 Å². The Hall–Kier alpha value is -3.26. The van der Waals surface area contributed by atoms with Crippen molar-refractivity contribution in [2.75, 3.05) is 43.7 Å². The number of carbonyl (C=O) groups is 2. The van der Waals surface area contributed by atoms with E-state index < -0.39 is 11.9 Å². The Bertz CT molecular complexity index is 1070. The number of carbonyl (C=O) groups excluding carboxylic acids is 2. The average Bonchev–Trinajstić information content (AvgIpc) is 3.25. The van der Waals surface area contributed by atoms with Crippen LogP contribution in [0.25, 0.3) is 16.9 Å². The van der Waals surface area contributed by atoms with Gasteiger partial charge in [0.1, 0.15) is 11.3 Å². The fraction of sp³-hybridized carbons (Fsp3) is 0.261. The summed E-state index contributed by atoms with van der Waals surface area (Å²) in [7, 11) is 2.56. The number of thioether (sulfide) groups is 1. The van der Waals surface area contributed by atoms with Crippen molar-refractivity contribution in [2.24, 2.45) is 0 Å². The number of aromatic nitrogens is 2. The van der Waals surface area contributed by atoms with Gasteiger partial charge in [-0.25, -0.2) is 14.3 Å². The Labute approximate surface area is 184 Å². The van der Waals surface area contributed by atoms with E-state index in [1.807, 2.05) is 66.4 Å². The lowest BCUT2D eigenvalue weighted by molar-refractivity contribution is 0.0549. The van der Waals surface area contributed by atoms with Gasteiger partial charge in [0.25, 0.3) is 0 Å². The summed E-state index contributed by atoms with van der Waals surface area (Å²) >= 11 is 1.96. The minimum absolute atomic E-state index is 0.0349. The van der Waals surface area contributed by atoms with Gasteiger partial charge in [-0.2, -0.15) is 16.9 Å². The molecule has 0 amide bonds. The maximum atomic E-state index is 12.7. The van der Waals surface area contributed by atoms with Crippen LogP contribution in [0.5, 0.6) is 0 Å². The van der Waals surface area contributed by atoms with E-state index in [1.165, 1.54) is 18.9 Å². The van der Waals surface area contributed by atoms with Crippen molar-refractivity contribution in [3.05, 3.63) is 65.9 Å². The first kappa shape index (κ1) is 21.0. The molecule has 160 valence electrons. The molecule has 1 saturated heterocycles. The number of para-hydroxylation sites is 1. The monoisotopic (exact) mass is 437 g/mol. The predicted octanol–water partition coefficient (Wildman–Crippen LogP) is 3.67. The highest BCUT2D eigenvalue weighted by Gasteiger charge is 2.31. The number of ether oxygens (including phenoxy) is 2. The maximum Gasteiger partial charge on any atom is 0.357 e. The van der Waals surface area contributed by atoms with Crippen LogP contribution in [-0.4, -0.2) is 60.5 Å². The molecule has 0 radical (unpaired) electrons. The average molecular weight is 438 g/mol. The van der Waals surface area contributed by atoms with E-state index in [-0.39, 0.29) is 11.3 Å². The first-order chi connectivity index (χ1) is 15.1. The third kappa shape index (κ3) is 4.16. The summed E-state index contributed by atoms with van der Waals surface area (Å²) in [5.74, 6) is 0.913. The summed E-state index contributed by atoms with van der Waals surface area (Å²) in [4.78, 5) is 27.7. The molecule has 0 aliphatic carbocycles. The van der Waals surface area contributed by atoms with E-state index in [0.717, 1.165) is 35.8 Å². The normalized spacial score (nSPS) is 13.7. The molecule has 0 N–H and O–H groups in total. The van der Waals surface area contributed by atoms with Crippen LogP contribution in [0.1, 0.15) is 20.8 Å². The van der Waals surface area contributed by atoms with E-state index in [1.54, 1.807) is 0 Å². The Morgan fingerprint density at radius 3 is 2.13 bits per heavy atom. The van der Waals surface area contributed by atoms with Gasteiger partial charge >= 0.3 is 11.9 Å². The van der Waals surface area contributed by atoms with E-state index >= 15 is 0 Å². The molecule has 0 atom stereocenters. The minimum atomic E-state index is -0.662. The Kier molecular flexibility index (Phi) is 6.27. The van der Waals surface area contributed by atoms with Crippen LogP contribution >= 0.6 is 11.8 Å². The molecule has 0 spiro atoms. The van der Waals surface area contributed by atoms with Gasteiger partial charge in [0.15, 0.2) is 5.69 Å². The summed E-state index contributed by atoms with van der Waals surface area (Å²) < 4.78 is 11.4. The van der Waals surface area contributed by atoms with E-state index in [9.17, 15) is 9.59 Å². The van der Waals surface area contributed by atoms with Crippen molar-refractivity contribution in [3.63, 3.8) is 0 Å². The van der Waals surface area contributed by atoms with Gasteiger partial charge in [0.2, 0.25) is 0 Å². The standard InChI is InChI=1S/C23H23N3O4S/c1-29-22(27)19-20(16-8-10-17(11-9-16)25-12-14-31-15-13-25)24-26(21(19)23(28)30-2)18-6-4-3-5-7-18/h3-11H,12-15H2,1-2H3. The van der Waals surface area contributed by atoms with Crippen LogP contribution in [-0.2, 0) is 9.47 Å². The van der Waals surface area contributed by atoms with Crippen molar-refractivity contribution < 1.29 is 19.1 Å². The molecule has 1 aromatic heterocycles. The molecule has 1 aliphatic heterocycles. The SMILES string of the molecule is COC(=O)c1c(-c2ccc(N3CCSCC3)cc2)nn(-c2ccccc2)c1C(=O)OC. The number of nitrogens with zero attached hydrogens (tertiary/aromatic N) is 3. The Balaban J connectivity index is 1.84. The van der Waals surface area contributed by atoms with Gasteiger partial charge in [0, 0.05) is 35.8 Å². The molecule has 4 rings (SSSR count). The van der Waals surface area contributed by atoms with Crippen molar-refractivity contribution in [3.8, 4) is 16.9 Å². The molecule has 31 heavy (non-hydrogen) atoms. The van der Waals surface area contributed by atoms with Crippen LogP contribution < -0.4 is 4.90 Å². The van der Waals surface area contributed by atoms with Crippen molar-refractivity contribution >= 4 is 29.4 Å². The molecular formula is C23H23N3O4S. The zero-order valence-electron chi connectivity index (χ0n) is 17.4. The van der Waals surface area contributed by atoms with Crippen molar-refractivity contribution in [1.82, 2.24) is 9.78 Å². The van der Waals surface area contributed by atoms with Crippen LogP contribution in [0.3, 0.4) is 0 Å². The van der Waals surface area contributed by atoms with Crippen molar-refractivity contribution in [2.45, 2.75) is 0 Å². The topological polar surface area (TPSA) is 73.7 Å². The summed E-state index contributed by atoms with van der Waals surface area (Å²) in [6.45, 7) is 2.01. The fourth-order valence-corrected chi connectivity index (χ4v) is 4.51. The molecule has 1 fully saturated rings. The van der Waals surface area contributed by atoms with Crippen LogP contribution in [0.2, 0.25) is 0 Å². The van der Waals surface area contributed by atoms with Gasteiger partial charge in [-0.15, -0.1) is 0 Å². The lowest BCUT2D eigenvalue weighted by Crippen LogP contribution is -2.32. The predicted molar refractivity (Wildman–Crippen MR) is 121 cm³/mol. The zero-order valence-corrected chi connectivity index (χ0v) is 18.2. The molecule has 8 heteroatoms. The summed E-state index contributed by atoms with van der Waals surface area (Å²) in [6, 6.07) is 17.0. The molecule has 7 nitrogen and oxygen atoms in total. The highest BCUT2D eigenvalue weighted by atomic mass is 32.2. The van der Waals surface area contributed by atoms with Crippen molar-refractivity contribution in [1.29, 1.82) is 0 Å². The first-order valence-electron chi connectivity index (χ1n) is 9.92. The lowest BCUT2D eigenvalue weighted by atomic mass is 10.0. The summed E-state index contributed by atoms with van der Waals surface area (Å²) in [5, 5.41) is 4.63. The number of hydrogen-bond acceptors (Lipinski definition) is 7. The molecular weight excluding hydrogens is 414 g/mol. The zero-order chi connectivity index (χ0) is 21.8. The van der Waals surface area contributed by atoms with Gasteiger partial charge in [0.05, 0.1) is 19.9 Å². The molecule has 2 aromatic carbocycles. The van der Waals surface area contributed by atoms with E-state index in [2.05, 4.69) is 10.00 Å². The fourth-order valence-electron chi connectivity index (χ4n) is 3.61. The molecule has 0 saturated carbocycles. The van der Waals surface area contributed by atoms with Crippen LogP contribution in [0.15, 0.2) is 54.6 Å². The second-order valence-corrected chi connectivity index (χ2v) is 8.17. The smallest absolute Gasteiger partial charge is 0.357 e. The lowest BCUT2D eigenvalue weighted by Gasteiger charge is -2.28. The number of rotatable bonds is 5. The molecule has 2 heterocycles. The molecule has 0 bridgehead atoms. The highest BCUT2D eigenvalue weighted by molar-refractivity contribution is 7.99. The maximum absolute atomic E-state index is 12.7. The van der Waals surface area contributed by atoms with E-state index in [4.69, 9.17) is 9.47 Å². The number of hydrogen-bond donors (Lipinski definition) is 0. The molecule has 0 unspecified atom stereocenters. The van der Waals surface area contributed by atoms with Crippen LogP contribution in [0.4, 0.5) is 5.69 Å². The number of benzene rings is 2. The summed E-state index contributed by atoms with van der Waals surface area (Å²) in [5.41, 5.74) is 2.97. The molecule has 1 aliphatic rings. The largest absolute Gasteiger partial charge is 0.465 e. The van der Waals surface area contributed by atoms with Gasteiger partial charge < -0.3 is 14.4 Å². The summed E-state index contributed by atoms with van der Waals surface area (Å²) in [6.07, 6.45) is 0. The Morgan fingerprint density at radius 1 is 0.871 bits per heavy atom. The highest BCUT2D eigenvalue weighted by Crippen LogP contribution is 2.31. The number of anilines is 1. The van der Waals surface area contributed by atoms with E-state index in [0.29, 0.717) is 11.4 Å². The number of methoxy groups -OCH3 is 2. The third-order valence-corrected chi connectivity index (χ3v) is 6.11. The second-order valence-electron chi connectivity index (χ2n) is 6.95. The quantitative estimate of drug-likeness (QED) is 0.564. The first-order valence-corrected chi connectivity index (χ1v) is 11.1. The third-order valence-electron chi connectivity index (χ3n) is 5.17. The van der Waals surface area contributed by atoms with Gasteiger partial charge in [-0.1, -0.05) is 30.3 Å².